The maximum Gasteiger partial charge on any atom is 0.124 e. The van der Waals surface area contributed by atoms with Crippen LogP contribution >= 0.6 is 0 Å². The van der Waals surface area contributed by atoms with E-state index in [-0.39, 0.29) is 7.43 Å². The van der Waals surface area contributed by atoms with Crippen molar-refractivity contribution >= 4 is 0 Å². The molecule has 0 unspecified atom stereocenters. The number of phenols is 3. The standard InChI is InChI=1S/C38H60N6O3.CH4/c1-38(32-14-26(20-39(2)3)35(45)27(15-32)21-40(4)5,33-16-28(22-41(6)7)36(46)29(17-33)23-42(8)9)34-18-30(24-43(10)11)37(47)31(19-34)25-44(12)13;/h14-19,45-47H,20-25H2,1-13H3;1H4. The fraction of sp³-hybridized carbons (Fsp3) is 0.538. The van der Waals surface area contributed by atoms with Crippen molar-refractivity contribution in [3.63, 3.8) is 0 Å². The SMILES string of the molecule is C.CN(C)Cc1cc(C(C)(c2cc(CN(C)C)c(O)c(CN(C)C)c2)c2cc(CN(C)C)c(O)c(CN(C)C)c2)cc(CN(C)C)c1O. The molecule has 0 aliphatic rings. The van der Waals surface area contributed by atoms with Gasteiger partial charge in [0, 0.05) is 78.1 Å². The summed E-state index contributed by atoms with van der Waals surface area (Å²) in [5.74, 6) is 0.953. The Hall–Kier alpha value is -3.18. The van der Waals surface area contributed by atoms with Gasteiger partial charge < -0.3 is 44.7 Å². The normalized spacial score (nSPS) is 12.3. The Balaban J connectivity index is 0.00000800. The van der Waals surface area contributed by atoms with Gasteiger partial charge in [0.1, 0.15) is 17.2 Å². The lowest BCUT2D eigenvalue weighted by Gasteiger charge is -2.36. The van der Waals surface area contributed by atoms with Crippen molar-refractivity contribution in [2.75, 3.05) is 84.6 Å². The average Bonchev–Trinajstić information content (AvgIpc) is 2.93. The molecule has 9 nitrogen and oxygen atoms in total. The van der Waals surface area contributed by atoms with Crippen LogP contribution in [0.4, 0.5) is 0 Å². The van der Waals surface area contributed by atoms with Crippen LogP contribution in [0.15, 0.2) is 36.4 Å². The van der Waals surface area contributed by atoms with Crippen LogP contribution in [0.25, 0.3) is 0 Å². The summed E-state index contributed by atoms with van der Waals surface area (Å²) in [4.78, 5) is 12.4. The van der Waals surface area contributed by atoms with Gasteiger partial charge in [-0.25, -0.2) is 0 Å². The van der Waals surface area contributed by atoms with E-state index in [2.05, 4.69) is 72.7 Å². The molecule has 0 atom stereocenters. The van der Waals surface area contributed by atoms with E-state index in [1.165, 1.54) is 0 Å². The first-order valence-corrected chi connectivity index (χ1v) is 16.3. The first-order chi connectivity index (χ1) is 21.8. The highest BCUT2D eigenvalue weighted by Gasteiger charge is 2.36. The van der Waals surface area contributed by atoms with Gasteiger partial charge in [-0.1, -0.05) is 7.43 Å². The number of hydrogen-bond donors (Lipinski definition) is 3. The zero-order chi connectivity index (χ0) is 35.4. The molecule has 0 saturated heterocycles. The zero-order valence-corrected chi connectivity index (χ0v) is 31.2. The second-order valence-electron chi connectivity index (χ2n) is 15.0. The van der Waals surface area contributed by atoms with E-state index < -0.39 is 5.41 Å². The topological polar surface area (TPSA) is 80.1 Å². The molecule has 0 aliphatic carbocycles. The third-order valence-electron chi connectivity index (χ3n) is 8.45. The lowest BCUT2D eigenvalue weighted by Crippen LogP contribution is -2.29. The number of nitrogens with zero attached hydrogens (tertiary/aromatic N) is 6. The highest BCUT2D eigenvalue weighted by atomic mass is 16.3. The summed E-state index contributed by atoms with van der Waals surface area (Å²) >= 11 is 0. The van der Waals surface area contributed by atoms with Crippen LogP contribution in [0.1, 0.15) is 64.4 Å². The summed E-state index contributed by atoms with van der Waals surface area (Å²) in [5.41, 5.74) is 7.55. The maximum atomic E-state index is 11.5. The minimum Gasteiger partial charge on any atom is -0.507 e. The number of rotatable bonds is 15. The Morgan fingerprint density at radius 1 is 0.375 bits per heavy atom. The van der Waals surface area contributed by atoms with Crippen molar-refractivity contribution in [3.8, 4) is 17.2 Å². The van der Waals surface area contributed by atoms with Crippen LogP contribution in [-0.2, 0) is 44.7 Å². The van der Waals surface area contributed by atoms with E-state index in [0.717, 1.165) is 50.1 Å². The Morgan fingerprint density at radius 3 is 0.646 bits per heavy atom. The largest absolute Gasteiger partial charge is 0.507 e. The molecule has 3 N–H and O–H groups in total. The van der Waals surface area contributed by atoms with E-state index in [4.69, 9.17) is 0 Å². The molecule has 0 aromatic heterocycles. The molecule has 0 radical (unpaired) electrons. The van der Waals surface area contributed by atoms with Gasteiger partial charge in [-0.2, -0.15) is 0 Å². The Morgan fingerprint density at radius 2 is 0.521 bits per heavy atom. The average molecular weight is 665 g/mol. The van der Waals surface area contributed by atoms with Crippen LogP contribution < -0.4 is 0 Å². The lowest BCUT2D eigenvalue weighted by atomic mass is 9.68. The molecule has 3 rings (SSSR count). The van der Waals surface area contributed by atoms with Gasteiger partial charge in [0.15, 0.2) is 0 Å². The van der Waals surface area contributed by atoms with Gasteiger partial charge >= 0.3 is 0 Å². The van der Waals surface area contributed by atoms with Gasteiger partial charge in [-0.05, 0) is 145 Å². The van der Waals surface area contributed by atoms with Crippen LogP contribution in [0.3, 0.4) is 0 Å². The fourth-order valence-corrected chi connectivity index (χ4v) is 6.41. The number of benzene rings is 3. The predicted octanol–water partition coefficient (Wildman–Crippen LogP) is 5.16. The maximum absolute atomic E-state index is 11.5. The monoisotopic (exact) mass is 665 g/mol. The highest BCUT2D eigenvalue weighted by molar-refractivity contribution is 5.60. The van der Waals surface area contributed by atoms with Crippen molar-refractivity contribution < 1.29 is 15.3 Å². The molecule has 268 valence electrons. The lowest BCUT2D eigenvalue weighted by molar-refractivity contribution is 0.365. The molecular weight excluding hydrogens is 600 g/mol. The fourth-order valence-electron chi connectivity index (χ4n) is 6.41. The third-order valence-corrected chi connectivity index (χ3v) is 8.45. The molecule has 0 fully saturated rings. The molecule has 3 aromatic carbocycles. The first-order valence-electron chi connectivity index (χ1n) is 16.3. The summed E-state index contributed by atoms with van der Waals surface area (Å²) in [6.07, 6.45) is 0. The predicted molar refractivity (Wildman–Crippen MR) is 201 cm³/mol. The summed E-state index contributed by atoms with van der Waals surface area (Å²) in [6, 6.07) is 12.8. The molecule has 0 amide bonds. The van der Waals surface area contributed by atoms with Gasteiger partial charge in [0.2, 0.25) is 0 Å². The van der Waals surface area contributed by atoms with Gasteiger partial charge in [-0.3, -0.25) is 0 Å². The van der Waals surface area contributed by atoms with E-state index in [1.54, 1.807) is 0 Å². The van der Waals surface area contributed by atoms with Crippen molar-refractivity contribution in [2.24, 2.45) is 0 Å². The van der Waals surface area contributed by atoms with Gasteiger partial charge in [0.25, 0.3) is 0 Å². The van der Waals surface area contributed by atoms with Crippen molar-refractivity contribution in [2.45, 2.75) is 59.0 Å². The second-order valence-corrected chi connectivity index (χ2v) is 15.0. The van der Waals surface area contributed by atoms with Gasteiger partial charge in [-0.15, -0.1) is 0 Å². The number of aromatic hydroxyl groups is 3. The Labute approximate surface area is 291 Å². The quantitative estimate of drug-likeness (QED) is 0.191. The van der Waals surface area contributed by atoms with E-state index in [9.17, 15) is 15.3 Å². The molecule has 9 heteroatoms. The van der Waals surface area contributed by atoms with E-state index in [1.807, 2.05) is 84.6 Å². The van der Waals surface area contributed by atoms with Crippen LogP contribution in [-0.4, -0.2) is 129 Å². The zero-order valence-electron chi connectivity index (χ0n) is 31.2. The van der Waals surface area contributed by atoms with Crippen molar-refractivity contribution in [1.29, 1.82) is 0 Å². The molecule has 0 spiro atoms. The molecule has 0 saturated carbocycles. The third kappa shape index (κ3) is 9.94. The van der Waals surface area contributed by atoms with Crippen LogP contribution in [0, 0.1) is 0 Å². The van der Waals surface area contributed by atoms with E-state index in [0.29, 0.717) is 56.5 Å². The van der Waals surface area contributed by atoms with Crippen LogP contribution in [0.5, 0.6) is 17.2 Å². The molecule has 0 heterocycles. The molecule has 0 aliphatic heterocycles. The van der Waals surface area contributed by atoms with Crippen LogP contribution in [0.2, 0.25) is 0 Å². The molecule has 0 bridgehead atoms. The first kappa shape index (κ1) is 41.0. The summed E-state index contributed by atoms with van der Waals surface area (Å²) in [5, 5.41) is 34.6. The molecular formula is C39H64N6O3. The van der Waals surface area contributed by atoms with E-state index >= 15 is 0 Å². The summed E-state index contributed by atoms with van der Waals surface area (Å²) < 4.78 is 0. The smallest absolute Gasteiger partial charge is 0.124 e. The summed E-state index contributed by atoms with van der Waals surface area (Å²) in [6.45, 7) is 5.73. The van der Waals surface area contributed by atoms with Crippen molar-refractivity contribution in [1.82, 2.24) is 29.4 Å². The number of hydrogen-bond acceptors (Lipinski definition) is 9. The molecule has 48 heavy (non-hydrogen) atoms. The van der Waals surface area contributed by atoms with Gasteiger partial charge in [0.05, 0.1) is 0 Å². The number of phenolic OH excluding ortho intramolecular Hbond substituents is 3. The Bertz CT molecular complexity index is 1240. The molecule has 3 aromatic rings. The second kappa shape index (κ2) is 17.0. The highest BCUT2D eigenvalue weighted by Crippen LogP contribution is 2.46. The minimum absolute atomic E-state index is 0. The summed E-state index contributed by atoms with van der Waals surface area (Å²) in [7, 11) is 24.2. The Kier molecular flexibility index (Phi) is 14.5. The van der Waals surface area contributed by atoms with Crippen molar-refractivity contribution in [3.05, 3.63) is 86.5 Å². The minimum atomic E-state index is -0.721.